The SMILES string of the molecule is CC.CCONC(=O)c1ccc(C)cc1Nc1ccc(C)cc1F. The lowest BCUT2D eigenvalue weighted by molar-refractivity contribution is 0.0365. The van der Waals surface area contributed by atoms with Crippen molar-refractivity contribution in [3.63, 3.8) is 0 Å². The molecule has 1 amide bonds. The second-order valence-corrected chi connectivity index (χ2v) is 5.02. The zero-order valence-electron chi connectivity index (χ0n) is 14.9. The summed E-state index contributed by atoms with van der Waals surface area (Å²) in [6.07, 6.45) is 0. The molecule has 0 saturated heterocycles. The minimum absolute atomic E-state index is 0.321. The Hall–Kier alpha value is -2.40. The molecular formula is C19H25FN2O2. The maximum atomic E-state index is 14.0. The first-order valence-corrected chi connectivity index (χ1v) is 8.07. The summed E-state index contributed by atoms with van der Waals surface area (Å²) < 4.78 is 14.0. The van der Waals surface area contributed by atoms with Crippen LogP contribution in [0, 0.1) is 19.7 Å². The molecule has 24 heavy (non-hydrogen) atoms. The number of carbonyl (C=O) groups excluding carboxylic acids is 1. The lowest BCUT2D eigenvalue weighted by Crippen LogP contribution is -2.24. The molecule has 0 aliphatic heterocycles. The van der Waals surface area contributed by atoms with Gasteiger partial charge in [0.2, 0.25) is 0 Å². The molecule has 130 valence electrons. The van der Waals surface area contributed by atoms with E-state index in [0.717, 1.165) is 11.1 Å². The predicted molar refractivity (Wildman–Crippen MR) is 96.0 cm³/mol. The van der Waals surface area contributed by atoms with Gasteiger partial charge in [-0.05, 0) is 56.2 Å². The number of aryl methyl sites for hydroxylation is 2. The fourth-order valence-electron chi connectivity index (χ4n) is 2.02. The Balaban J connectivity index is 0.00000139. The molecule has 0 radical (unpaired) electrons. The minimum Gasteiger partial charge on any atom is -0.352 e. The van der Waals surface area contributed by atoms with Crippen LogP contribution in [0.4, 0.5) is 15.8 Å². The number of hydroxylamine groups is 1. The second-order valence-electron chi connectivity index (χ2n) is 5.02. The van der Waals surface area contributed by atoms with E-state index in [4.69, 9.17) is 4.84 Å². The largest absolute Gasteiger partial charge is 0.352 e. The zero-order valence-corrected chi connectivity index (χ0v) is 14.9. The number of benzene rings is 2. The van der Waals surface area contributed by atoms with Crippen molar-refractivity contribution in [3.8, 4) is 0 Å². The zero-order chi connectivity index (χ0) is 18.1. The molecule has 0 spiro atoms. The van der Waals surface area contributed by atoms with Crippen LogP contribution >= 0.6 is 0 Å². The summed E-state index contributed by atoms with van der Waals surface area (Å²) in [6.45, 7) is 9.87. The highest BCUT2D eigenvalue weighted by molar-refractivity contribution is 5.99. The molecule has 4 nitrogen and oxygen atoms in total. The number of nitrogens with one attached hydrogen (secondary N) is 2. The van der Waals surface area contributed by atoms with E-state index < -0.39 is 0 Å². The highest BCUT2D eigenvalue weighted by Gasteiger charge is 2.13. The van der Waals surface area contributed by atoms with E-state index in [2.05, 4.69) is 10.8 Å². The van der Waals surface area contributed by atoms with Crippen LogP contribution in [0.2, 0.25) is 0 Å². The van der Waals surface area contributed by atoms with Crippen LogP contribution in [-0.2, 0) is 4.84 Å². The van der Waals surface area contributed by atoms with Gasteiger partial charge in [0.05, 0.1) is 23.5 Å². The molecule has 0 atom stereocenters. The van der Waals surface area contributed by atoms with Gasteiger partial charge in [0, 0.05) is 0 Å². The number of rotatable bonds is 5. The van der Waals surface area contributed by atoms with Gasteiger partial charge in [-0.2, -0.15) is 0 Å². The Bertz CT molecular complexity index is 687. The number of amides is 1. The fraction of sp³-hybridized carbons (Fsp3) is 0.316. The summed E-state index contributed by atoms with van der Waals surface area (Å²) in [7, 11) is 0. The van der Waals surface area contributed by atoms with Gasteiger partial charge >= 0.3 is 0 Å². The summed E-state index contributed by atoms with van der Waals surface area (Å²) in [6, 6.07) is 10.2. The van der Waals surface area contributed by atoms with Gasteiger partial charge < -0.3 is 5.32 Å². The van der Waals surface area contributed by atoms with Crippen LogP contribution in [0.1, 0.15) is 42.3 Å². The third kappa shape index (κ3) is 5.35. The molecule has 0 aliphatic rings. The minimum atomic E-state index is -0.378. The Morgan fingerprint density at radius 3 is 2.29 bits per heavy atom. The normalized spacial score (nSPS) is 9.75. The molecule has 0 unspecified atom stereocenters. The molecule has 2 aromatic rings. The molecule has 0 aliphatic carbocycles. The molecule has 0 aromatic heterocycles. The maximum Gasteiger partial charge on any atom is 0.276 e. The molecule has 2 N–H and O–H groups in total. The third-order valence-corrected chi connectivity index (χ3v) is 3.12. The van der Waals surface area contributed by atoms with Gasteiger partial charge in [-0.1, -0.05) is 26.0 Å². The molecule has 0 fully saturated rings. The number of hydrogen-bond acceptors (Lipinski definition) is 3. The van der Waals surface area contributed by atoms with E-state index in [1.807, 2.05) is 33.8 Å². The highest BCUT2D eigenvalue weighted by atomic mass is 19.1. The van der Waals surface area contributed by atoms with Crippen molar-refractivity contribution in [3.05, 3.63) is 58.9 Å². The van der Waals surface area contributed by atoms with Crippen molar-refractivity contribution in [1.29, 1.82) is 0 Å². The Labute approximate surface area is 143 Å². The van der Waals surface area contributed by atoms with Gasteiger partial charge in [0.1, 0.15) is 5.82 Å². The van der Waals surface area contributed by atoms with Crippen LogP contribution in [0.5, 0.6) is 0 Å². The highest BCUT2D eigenvalue weighted by Crippen LogP contribution is 2.25. The van der Waals surface area contributed by atoms with Gasteiger partial charge in [-0.25, -0.2) is 9.87 Å². The number of halogens is 1. The summed E-state index contributed by atoms with van der Waals surface area (Å²) in [5.41, 5.74) is 5.38. The quantitative estimate of drug-likeness (QED) is 0.766. The second kappa shape index (κ2) is 9.67. The summed E-state index contributed by atoms with van der Waals surface area (Å²) >= 11 is 0. The van der Waals surface area contributed by atoms with E-state index in [0.29, 0.717) is 23.5 Å². The van der Waals surface area contributed by atoms with Crippen molar-refractivity contribution >= 4 is 17.3 Å². The van der Waals surface area contributed by atoms with Crippen molar-refractivity contribution in [1.82, 2.24) is 5.48 Å². The standard InChI is InChI=1S/C17H19FN2O2.C2H6/c1-4-22-20-17(21)13-7-5-12(3)10-16(13)19-15-8-6-11(2)9-14(15)18;1-2/h5-10,19H,4H2,1-3H3,(H,20,21);1-2H3. The van der Waals surface area contributed by atoms with Gasteiger partial charge in [0.25, 0.3) is 5.91 Å². The van der Waals surface area contributed by atoms with Gasteiger partial charge in [-0.15, -0.1) is 0 Å². The van der Waals surface area contributed by atoms with Crippen LogP contribution in [0.3, 0.4) is 0 Å². The average molecular weight is 332 g/mol. The van der Waals surface area contributed by atoms with E-state index in [1.165, 1.54) is 6.07 Å². The Kier molecular flexibility index (Phi) is 7.92. The van der Waals surface area contributed by atoms with Crippen molar-refractivity contribution in [2.24, 2.45) is 0 Å². The van der Waals surface area contributed by atoms with Crippen molar-refractivity contribution < 1.29 is 14.0 Å². The first-order valence-electron chi connectivity index (χ1n) is 8.07. The molecule has 2 rings (SSSR count). The molecule has 0 heterocycles. The van der Waals surface area contributed by atoms with Crippen molar-refractivity contribution in [2.75, 3.05) is 11.9 Å². The number of carbonyl (C=O) groups is 1. The monoisotopic (exact) mass is 332 g/mol. The summed E-state index contributed by atoms with van der Waals surface area (Å²) in [5.74, 6) is -0.741. The fourth-order valence-corrected chi connectivity index (χ4v) is 2.02. The molecule has 0 bridgehead atoms. The van der Waals surface area contributed by atoms with Crippen LogP contribution in [0.25, 0.3) is 0 Å². The lowest BCUT2D eigenvalue weighted by atomic mass is 10.1. The molecule has 5 heteroatoms. The Morgan fingerprint density at radius 2 is 1.67 bits per heavy atom. The summed E-state index contributed by atoms with van der Waals surface area (Å²) in [4.78, 5) is 17.0. The van der Waals surface area contributed by atoms with Crippen LogP contribution < -0.4 is 10.8 Å². The topological polar surface area (TPSA) is 50.4 Å². The van der Waals surface area contributed by atoms with E-state index >= 15 is 0 Å². The van der Waals surface area contributed by atoms with Gasteiger partial charge in [0.15, 0.2) is 0 Å². The van der Waals surface area contributed by atoms with Crippen LogP contribution in [0.15, 0.2) is 36.4 Å². The lowest BCUT2D eigenvalue weighted by Gasteiger charge is -2.14. The Morgan fingerprint density at radius 1 is 1.04 bits per heavy atom. The number of anilines is 2. The smallest absolute Gasteiger partial charge is 0.276 e. The van der Waals surface area contributed by atoms with Crippen molar-refractivity contribution in [2.45, 2.75) is 34.6 Å². The van der Waals surface area contributed by atoms with E-state index in [9.17, 15) is 9.18 Å². The average Bonchev–Trinajstić information content (AvgIpc) is 2.57. The summed E-state index contributed by atoms with van der Waals surface area (Å²) in [5, 5.41) is 2.97. The maximum absolute atomic E-state index is 14.0. The molecule has 2 aromatic carbocycles. The van der Waals surface area contributed by atoms with E-state index in [1.54, 1.807) is 31.2 Å². The van der Waals surface area contributed by atoms with E-state index in [-0.39, 0.29) is 11.7 Å². The molecular weight excluding hydrogens is 307 g/mol. The third-order valence-electron chi connectivity index (χ3n) is 3.12. The van der Waals surface area contributed by atoms with Gasteiger partial charge in [-0.3, -0.25) is 9.63 Å². The number of hydrogen-bond donors (Lipinski definition) is 2. The first kappa shape index (κ1) is 19.6. The first-order chi connectivity index (χ1) is 11.5. The predicted octanol–water partition coefficient (Wildman–Crippen LogP) is 4.89. The van der Waals surface area contributed by atoms with Crippen LogP contribution in [-0.4, -0.2) is 12.5 Å². The molecule has 0 saturated carbocycles.